The van der Waals surface area contributed by atoms with Crippen LogP contribution in [0.4, 0.5) is 11.4 Å². The number of benzene rings is 2. The maximum absolute atomic E-state index is 12.6. The molecule has 0 aliphatic carbocycles. The minimum Gasteiger partial charge on any atom is -0.441 e. The lowest BCUT2D eigenvalue weighted by Crippen LogP contribution is -2.36. The Kier molecular flexibility index (Phi) is 6.35. The van der Waals surface area contributed by atoms with Crippen molar-refractivity contribution in [1.29, 1.82) is 0 Å². The molecular formula is C23H24ClN3O3. The molecule has 1 fully saturated rings. The number of rotatable bonds is 6. The molecule has 1 saturated heterocycles. The van der Waals surface area contributed by atoms with Gasteiger partial charge in [-0.05, 0) is 25.1 Å². The van der Waals surface area contributed by atoms with E-state index in [9.17, 15) is 4.79 Å². The number of carbonyl (C=O) groups excluding carboxylic acids is 1. The van der Waals surface area contributed by atoms with Crippen molar-refractivity contribution in [3.05, 3.63) is 65.1 Å². The molecule has 1 aliphatic rings. The van der Waals surface area contributed by atoms with Crippen molar-refractivity contribution in [2.45, 2.75) is 19.8 Å². The lowest BCUT2D eigenvalue weighted by Gasteiger charge is -2.30. The largest absolute Gasteiger partial charge is 0.441 e. The third kappa shape index (κ3) is 5.01. The summed E-state index contributed by atoms with van der Waals surface area (Å²) in [6.07, 6.45) is 2.39. The zero-order chi connectivity index (χ0) is 20.9. The molecule has 0 atom stereocenters. The summed E-state index contributed by atoms with van der Waals surface area (Å²) in [4.78, 5) is 19.1. The number of nitrogens with one attached hydrogen (secondary N) is 1. The second-order valence-electron chi connectivity index (χ2n) is 7.29. The summed E-state index contributed by atoms with van der Waals surface area (Å²) in [6, 6.07) is 13.6. The molecular weight excluding hydrogens is 402 g/mol. The number of aromatic nitrogens is 1. The van der Waals surface area contributed by atoms with Gasteiger partial charge in [0.2, 0.25) is 5.91 Å². The first-order chi connectivity index (χ1) is 14.6. The third-order valence-electron chi connectivity index (χ3n) is 5.04. The van der Waals surface area contributed by atoms with Crippen LogP contribution in [0.3, 0.4) is 0 Å². The van der Waals surface area contributed by atoms with Gasteiger partial charge in [0, 0.05) is 36.5 Å². The zero-order valence-electron chi connectivity index (χ0n) is 16.9. The van der Waals surface area contributed by atoms with Crippen LogP contribution in [0.5, 0.6) is 0 Å². The SMILES string of the molecule is Cc1ccc(-c2cnc(CCC(=O)Nc3cc(Cl)ccc3N3CCOCC3)o2)cc1. The minimum atomic E-state index is -0.109. The molecule has 1 aliphatic heterocycles. The highest BCUT2D eigenvalue weighted by Crippen LogP contribution is 2.30. The van der Waals surface area contributed by atoms with E-state index in [4.69, 9.17) is 20.8 Å². The quantitative estimate of drug-likeness (QED) is 0.619. The Morgan fingerprint density at radius 1 is 1.17 bits per heavy atom. The molecule has 1 amide bonds. The van der Waals surface area contributed by atoms with Gasteiger partial charge in [0.05, 0.1) is 30.8 Å². The summed E-state index contributed by atoms with van der Waals surface area (Å²) in [7, 11) is 0. The van der Waals surface area contributed by atoms with E-state index < -0.39 is 0 Å². The second-order valence-corrected chi connectivity index (χ2v) is 7.73. The van der Waals surface area contributed by atoms with Crippen molar-refractivity contribution in [3.63, 3.8) is 0 Å². The van der Waals surface area contributed by atoms with E-state index >= 15 is 0 Å². The van der Waals surface area contributed by atoms with Gasteiger partial charge in [-0.1, -0.05) is 41.4 Å². The summed E-state index contributed by atoms with van der Waals surface area (Å²) in [6.45, 7) is 4.94. The Balaban J connectivity index is 1.38. The fourth-order valence-corrected chi connectivity index (χ4v) is 3.57. The maximum Gasteiger partial charge on any atom is 0.224 e. The third-order valence-corrected chi connectivity index (χ3v) is 5.28. The predicted octanol–water partition coefficient (Wildman–Crippen LogP) is 4.71. The van der Waals surface area contributed by atoms with Crippen LogP contribution in [0, 0.1) is 6.92 Å². The molecule has 7 heteroatoms. The summed E-state index contributed by atoms with van der Waals surface area (Å²) < 4.78 is 11.2. The Morgan fingerprint density at radius 3 is 2.70 bits per heavy atom. The Morgan fingerprint density at radius 2 is 1.93 bits per heavy atom. The van der Waals surface area contributed by atoms with Crippen molar-refractivity contribution in [2.75, 3.05) is 36.5 Å². The predicted molar refractivity (Wildman–Crippen MR) is 118 cm³/mol. The monoisotopic (exact) mass is 425 g/mol. The van der Waals surface area contributed by atoms with Gasteiger partial charge in [-0.3, -0.25) is 4.79 Å². The molecule has 1 N–H and O–H groups in total. The Bertz CT molecular complexity index is 1010. The van der Waals surface area contributed by atoms with Crippen LogP contribution in [-0.4, -0.2) is 37.2 Å². The van der Waals surface area contributed by atoms with Gasteiger partial charge in [0.15, 0.2) is 11.7 Å². The molecule has 0 radical (unpaired) electrons. The molecule has 30 heavy (non-hydrogen) atoms. The molecule has 0 saturated carbocycles. The van der Waals surface area contributed by atoms with Gasteiger partial charge in [-0.2, -0.15) is 0 Å². The summed E-state index contributed by atoms with van der Waals surface area (Å²) >= 11 is 6.16. The van der Waals surface area contributed by atoms with Crippen LogP contribution in [0.2, 0.25) is 5.02 Å². The van der Waals surface area contributed by atoms with Gasteiger partial charge < -0.3 is 19.4 Å². The summed E-state index contributed by atoms with van der Waals surface area (Å²) in [5, 5.41) is 3.57. The average molecular weight is 426 g/mol. The molecule has 6 nitrogen and oxygen atoms in total. The lowest BCUT2D eigenvalue weighted by molar-refractivity contribution is -0.116. The Hall–Kier alpha value is -2.83. The number of aryl methyl sites for hydroxylation is 2. The molecule has 1 aromatic heterocycles. The highest BCUT2D eigenvalue weighted by molar-refractivity contribution is 6.31. The highest BCUT2D eigenvalue weighted by atomic mass is 35.5. The van der Waals surface area contributed by atoms with Crippen molar-refractivity contribution in [2.24, 2.45) is 0 Å². The van der Waals surface area contributed by atoms with E-state index in [-0.39, 0.29) is 12.3 Å². The Labute approximate surface area is 180 Å². The number of nitrogens with zero attached hydrogens (tertiary/aromatic N) is 2. The highest BCUT2D eigenvalue weighted by Gasteiger charge is 2.17. The van der Waals surface area contributed by atoms with Crippen molar-refractivity contribution >= 4 is 28.9 Å². The zero-order valence-corrected chi connectivity index (χ0v) is 17.6. The number of halogens is 1. The van der Waals surface area contributed by atoms with E-state index in [1.165, 1.54) is 5.56 Å². The number of carbonyl (C=O) groups is 1. The van der Waals surface area contributed by atoms with Crippen LogP contribution in [0.15, 0.2) is 53.1 Å². The number of hydrogen-bond acceptors (Lipinski definition) is 5. The van der Waals surface area contributed by atoms with Gasteiger partial charge in [-0.25, -0.2) is 4.98 Å². The van der Waals surface area contributed by atoms with Crippen molar-refractivity contribution in [1.82, 2.24) is 4.98 Å². The minimum absolute atomic E-state index is 0.109. The first-order valence-electron chi connectivity index (χ1n) is 10.0. The molecule has 2 aromatic carbocycles. The normalized spacial score (nSPS) is 14.0. The molecule has 0 spiro atoms. The first kappa shape index (κ1) is 20.4. The standard InChI is InChI=1S/C23H24ClN3O3/c1-16-2-4-17(5-3-16)21-15-25-23(30-21)9-8-22(28)26-19-14-18(24)6-7-20(19)27-10-12-29-13-11-27/h2-7,14-15H,8-13H2,1H3,(H,26,28). The number of oxazole rings is 1. The van der Waals surface area contributed by atoms with Gasteiger partial charge in [0.1, 0.15) is 0 Å². The van der Waals surface area contributed by atoms with E-state index in [1.54, 1.807) is 12.3 Å². The second kappa shape index (κ2) is 9.32. The van der Waals surface area contributed by atoms with E-state index in [1.807, 2.05) is 43.3 Å². The molecule has 0 unspecified atom stereocenters. The first-order valence-corrected chi connectivity index (χ1v) is 10.4. The number of morpholine rings is 1. The van der Waals surface area contributed by atoms with Crippen LogP contribution < -0.4 is 10.2 Å². The number of hydrogen-bond donors (Lipinski definition) is 1. The molecule has 4 rings (SSSR count). The summed E-state index contributed by atoms with van der Waals surface area (Å²) in [5.74, 6) is 1.14. The molecule has 0 bridgehead atoms. The molecule has 3 aromatic rings. The van der Waals surface area contributed by atoms with Crippen molar-refractivity contribution in [3.8, 4) is 11.3 Å². The number of amides is 1. The van der Waals surface area contributed by atoms with Crippen molar-refractivity contribution < 1.29 is 13.9 Å². The van der Waals surface area contributed by atoms with Crippen LogP contribution in [-0.2, 0) is 16.0 Å². The molecule has 2 heterocycles. The van der Waals surface area contributed by atoms with Gasteiger partial charge in [0.25, 0.3) is 0 Å². The van der Waals surface area contributed by atoms with Crippen LogP contribution in [0.1, 0.15) is 17.9 Å². The fourth-order valence-electron chi connectivity index (χ4n) is 3.40. The fraction of sp³-hybridized carbons (Fsp3) is 0.304. The number of anilines is 2. The number of ether oxygens (including phenoxy) is 1. The van der Waals surface area contributed by atoms with E-state index in [2.05, 4.69) is 15.2 Å². The smallest absolute Gasteiger partial charge is 0.224 e. The van der Waals surface area contributed by atoms with Gasteiger partial charge >= 0.3 is 0 Å². The van der Waals surface area contributed by atoms with E-state index in [0.29, 0.717) is 42.0 Å². The van der Waals surface area contributed by atoms with E-state index in [0.717, 1.165) is 24.3 Å². The van der Waals surface area contributed by atoms with Crippen LogP contribution in [0.25, 0.3) is 11.3 Å². The average Bonchev–Trinajstić information content (AvgIpc) is 3.23. The van der Waals surface area contributed by atoms with Crippen LogP contribution >= 0.6 is 11.6 Å². The lowest BCUT2D eigenvalue weighted by atomic mass is 10.1. The molecule has 156 valence electrons. The topological polar surface area (TPSA) is 67.6 Å². The summed E-state index contributed by atoms with van der Waals surface area (Å²) in [5.41, 5.74) is 3.82. The van der Waals surface area contributed by atoms with Gasteiger partial charge in [-0.15, -0.1) is 0 Å². The maximum atomic E-state index is 12.6.